The number of hydrogen-bond acceptors (Lipinski definition) is 3. The van der Waals surface area contributed by atoms with Crippen molar-refractivity contribution in [2.24, 2.45) is 0 Å². The SMILES string of the molecule is O=C(C[C@@H](C(=O)O)c1ccccc1)NNC(=O)c1ccc(F)cc1. The van der Waals surface area contributed by atoms with Crippen molar-refractivity contribution in [3.63, 3.8) is 0 Å². The molecule has 7 heteroatoms. The lowest BCUT2D eigenvalue weighted by Gasteiger charge is -2.13. The van der Waals surface area contributed by atoms with Gasteiger partial charge in [0.2, 0.25) is 5.91 Å². The van der Waals surface area contributed by atoms with Crippen molar-refractivity contribution in [3.8, 4) is 0 Å². The van der Waals surface area contributed by atoms with E-state index in [0.29, 0.717) is 5.56 Å². The molecule has 0 aromatic heterocycles. The van der Waals surface area contributed by atoms with E-state index in [9.17, 15) is 23.9 Å². The maximum absolute atomic E-state index is 12.8. The molecule has 0 unspecified atom stereocenters. The third kappa shape index (κ3) is 4.64. The third-order valence-corrected chi connectivity index (χ3v) is 3.31. The second kappa shape index (κ2) is 7.87. The fourth-order valence-corrected chi connectivity index (χ4v) is 2.07. The number of carbonyl (C=O) groups excluding carboxylic acids is 2. The number of carbonyl (C=O) groups is 3. The Morgan fingerprint density at radius 1 is 0.958 bits per heavy atom. The number of nitrogens with one attached hydrogen (secondary N) is 2. The highest BCUT2D eigenvalue weighted by Gasteiger charge is 2.23. The normalized spacial score (nSPS) is 11.4. The molecule has 0 bridgehead atoms. The average molecular weight is 330 g/mol. The Labute approximate surface area is 137 Å². The number of benzene rings is 2. The second-order valence-electron chi connectivity index (χ2n) is 5.01. The second-order valence-corrected chi connectivity index (χ2v) is 5.01. The molecule has 0 aliphatic rings. The standard InChI is InChI=1S/C17H15FN2O4/c18-13-8-6-12(7-9-13)16(22)20-19-15(21)10-14(17(23)24)11-4-2-1-3-5-11/h1-9,14H,10H2,(H,19,21)(H,20,22)(H,23,24)/t14-/m1/s1. The topological polar surface area (TPSA) is 95.5 Å². The number of halogens is 1. The van der Waals surface area contributed by atoms with Gasteiger partial charge in [-0.15, -0.1) is 0 Å². The third-order valence-electron chi connectivity index (χ3n) is 3.31. The van der Waals surface area contributed by atoms with Crippen molar-refractivity contribution < 1.29 is 23.9 Å². The van der Waals surface area contributed by atoms with Gasteiger partial charge in [0, 0.05) is 12.0 Å². The van der Waals surface area contributed by atoms with Crippen molar-refractivity contribution >= 4 is 17.8 Å². The zero-order valence-electron chi connectivity index (χ0n) is 12.5. The van der Waals surface area contributed by atoms with E-state index in [-0.39, 0.29) is 12.0 Å². The number of rotatable bonds is 5. The minimum absolute atomic E-state index is 0.162. The summed E-state index contributed by atoms with van der Waals surface area (Å²) < 4.78 is 12.8. The fourth-order valence-electron chi connectivity index (χ4n) is 2.07. The maximum atomic E-state index is 12.8. The van der Waals surface area contributed by atoms with Crippen LogP contribution < -0.4 is 10.9 Å². The van der Waals surface area contributed by atoms with Crippen molar-refractivity contribution in [1.29, 1.82) is 0 Å². The summed E-state index contributed by atoms with van der Waals surface area (Å²) in [7, 11) is 0. The summed E-state index contributed by atoms with van der Waals surface area (Å²) in [6, 6.07) is 13.1. The summed E-state index contributed by atoms with van der Waals surface area (Å²) in [5, 5.41) is 9.25. The lowest BCUT2D eigenvalue weighted by Crippen LogP contribution is -2.42. The highest BCUT2D eigenvalue weighted by Crippen LogP contribution is 2.19. The number of amides is 2. The molecule has 0 saturated heterocycles. The molecule has 0 saturated carbocycles. The Balaban J connectivity index is 1.93. The predicted molar refractivity (Wildman–Crippen MR) is 83.4 cm³/mol. The van der Waals surface area contributed by atoms with E-state index in [1.165, 1.54) is 12.1 Å². The van der Waals surface area contributed by atoms with Gasteiger partial charge in [-0.1, -0.05) is 30.3 Å². The van der Waals surface area contributed by atoms with Crippen molar-refractivity contribution in [1.82, 2.24) is 10.9 Å². The predicted octanol–water partition coefficient (Wildman–Crippen LogP) is 1.85. The molecule has 2 aromatic rings. The minimum atomic E-state index is -1.14. The van der Waals surface area contributed by atoms with Gasteiger partial charge >= 0.3 is 5.97 Å². The van der Waals surface area contributed by atoms with Gasteiger partial charge in [-0.2, -0.15) is 0 Å². The van der Waals surface area contributed by atoms with Crippen LogP contribution >= 0.6 is 0 Å². The van der Waals surface area contributed by atoms with Crippen LogP contribution in [0.15, 0.2) is 54.6 Å². The van der Waals surface area contributed by atoms with Gasteiger partial charge in [0.05, 0.1) is 5.92 Å². The van der Waals surface area contributed by atoms with E-state index in [2.05, 4.69) is 10.9 Å². The molecule has 2 amide bonds. The zero-order chi connectivity index (χ0) is 17.5. The van der Waals surface area contributed by atoms with Crippen LogP contribution in [-0.2, 0) is 9.59 Å². The van der Waals surface area contributed by atoms with E-state index in [4.69, 9.17) is 0 Å². The van der Waals surface area contributed by atoms with Gasteiger partial charge in [0.15, 0.2) is 0 Å². The van der Waals surface area contributed by atoms with Crippen LogP contribution in [0.3, 0.4) is 0 Å². The first-order valence-corrected chi connectivity index (χ1v) is 7.10. The van der Waals surface area contributed by atoms with Crippen LogP contribution in [0.1, 0.15) is 28.3 Å². The highest BCUT2D eigenvalue weighted by atomic mass is 19.1. The molecule has 0 aliphatic carbocycles. The Kier molecular flexibility index (Phi) is 5.62. The van der Waals surface area contributed by atoms with Crippen LogP contribution in [0.2, 0.25) is 0 Å². The zero-order valence-corrected chi connectivity index (χ0v) is 12.5. The van der Waals surface area contributed by atoms with Crippen molar-refractivity contribution in [2.75, 3.05) is 0 Å². The van der Waals surface area contributed by atoms with E-state index >= 15 is 0 Å². The van der Waals surface area contributed by atoms with Gasteiger partial charge in [0.1, 0.15) is 5.82 Å². The fraction of sp³-hybridized carbons (Fsp3) is 0.118. The minimum Gasteiger partial charge on any atom is -0.481 e. The first-order valence-electron chi connectivity index (χ1n) is 7.10. The number of carboxylic acids is 1. The van der Waals surface area contributed by atoms with Crippen LogP contribution in [0.25, 0.3) is 0 Å². The molecule has 1 atom stereocenters. The van der Waals surface area contributed by atoms with Gasteiger partial charge in [-0.25, -0.2) is 4.39 Å². The summed E-state index contributed by atoms with van der Waals surface area (Å²) in [6.45, 7) is 0. The van der Waals surface area contributed by atoms with Crippen LogP contribution in [0.5, 0.6) is 0 Å². The number of hydrogen-bond donors (Lipinski definition) is 3. The van der Waals surface area contributed by atoms with Crippen LogP contribution in [-0.4, -0.2) is 22.9 Å². The summed E-state index contributed by atoms with van der Waals surface area (Å²) in [4.78, 5) is 35.0. The molecule has 0 radical (unpaired) electrons. The van der Waals surface area contributed by atoms with Gasteiger partial charge in [-0.3, -0.25) is 25.2 Å². The van der Waals surface area contributed by atoms with E-state index in [1.807, 2.05) is 0 Å². The summed E-state index contributed by atoms with van der Waals surface area (Å²) in [5.74, 6) is -3.92. The molecular formula is C17H15FN2O4. The number of carboxylic acid groups (broad SMARTS) is 1. The molecule has 24 heavy (non-hydrogen) atoms. The Morgan fingerprint density at radius 3 is 2.17 bits per heavy atom. The molecule has 2 rings (SSSR count). The van der Waals surface area contributed by atoms with Gasteiger partial charge in [0.25, 0.3) is 5.91 Å². The van der Waals surface area contributed by atoms with Gasteiger partial charge < -0.3 is 5.11 Å². The molecule has 2 aromatic carbocycles. The monoisotopic (exact) mass is 330 g/mol. The molecule has 0 spiro atoms. The van der Waals surface area contributed by atoms with E-state index < -0.39 is 29.5 Å². The van der Waals surface area contributed by atoms with E-state index in [1.54, 1.807) is 30.3 Å². The lowest BCUT2D eigenvalue weighted by molar-refractivity contribution is -0.140. The molecule has 6 nitrogen and oxygen atoms in total. The largest absolute Gasteiger partial charge is 0.481 e. The number of aliphatic carboxylic acids is 1. The summed E-state index contributed by atoms with van der Waals surface area (Å²) >= 11 is 0. The van der Waals surface area contributed by atoms with Crippen molar-refractivity contribution in [3.05, 3.63) is 71.5 Å². The molecule has 124 valence electrons. The quantitative estimate of drug-likeness (QED) is 0.729. The number of hydrazine groups is 1. The van der Waals surface area contributed by atoms with Crippen LogP contribution in [0, 0.1) is 5.82 Å². The smallest absolute Gasteiger partial charge is 0.311 e. The molecule has 3 N–H and O–H groups in total. The summed E-state index contributed by atoms with van der Waals surface area (Å²) in [6.07, 6.45) is -0.330. The molecular weight excluding hydrogens is 315 g/mol. The first kappa shape index (κ1) is 17.1. The Hall–Kier alpha value is -3.22. The Morgan fingerprint density at radius 2 is 1.58 bits per heavy atom. The maximum Gasteiger partial charge on any atom is 0.311 e. The Bertz CT molecular complexity index is 732. The van der Waals surface area contributed by atoms with E-state index in [0.717, 1.165) is 12.1 Å². The molecule has 0 heterocycles. The highest BCUT2D eigenvalue weighted by molar-refractivity contribution is 5.95. The summed E-state index contributed by atoms with van der Waals surface area (Å²) in [5.41, 5.74) is 4.97. The lowest BCUT2D eigenvalue weighted by atomic mass is 9.96. The molecule has 0 aliphatic heterocycles. The van der Waals surface area contributed by atoms with Crippen molar-refractivity contribution in [2.45, 2.75) is 12.3 Å². The van der Waals surface area contributed by atoms with Crippen LogP contribution in [0.4, 0.5) is 4.39 Å². The first-order chi connectivity index (χ1) is 11.5. The average Bonchev–Trinajstić information content (AvgIpc) is 2.58. The van der Waals surface area contributed by atoms with Gasteiger partial charge in [-0.05, 0) is 29.8 Å². The molecule has 0 fully saturated rings.